The van der Waals surface area contributed by atoms with E-state index >= 15 is 0 Å². The summed E-state index contributed by atoms with van der Waals surface area (Å²) in [4.78, 5) is 10.7. The number of para-hydroxylation sites is 1. The van der Waals surface area contributed by atoms with Gasteiger partial charge in [-0.1, -0.05) is 59.8 Å². The minimum atomic E-state index is -0.492. The number of hydrogen-bond donors (Lipinski definition) is 0. The Labute approximate surface area is 167 Å². The van der Waals surface area contributed by atoms with Crippen molar-refractivity contribution >= 4 is 28.6 Å². The molecule has 4 rings (SSSR count). The Kier molecular flexibility index (Phi) is 5.07. The number of aromatic nitrogens is 1. The molecule has 1 aromatic heterocycles. The quantitative estimate of drug-likeness (QED) is 0.309. The summed E-state index contributed by atoms with van der Waals surface area (Å²) in [6.07, 6.45) is 3.26. The van der Waals surface area contributed by atoms with E-state index in [1.807, 2.05) is 42.5 Å². The van der Waals surface area contributed by atoms with Crippen molar-refractivity contribution in [3.8, 4) is 5.75 Å². The molecule has 6 heteroatoms. The van der Waals surface area contributed by atoms with Crippen molar-refractivity contribution in [1.29, 1.82) is 0 Å². The fraction of sp³-hybridized carbons (Fsp3) is 0.0870. The number of ether oxygens (including phenoxy) is 1. The third-order valence-corrected chi connectivity index (χ3v) is 4.58. The summed E-state index contributed by atoms with van der Waals surface area (Å²) < 4.78 is 11.1. The minimum absolute atomic E-state index is 0.108. The molecule has 1 heterocycles. The number of nitrogens with zero attached hydrogens (tertiary/aromatic N) is 2. The number of aryl methyl sites for hydroxylation is 1. The van der Waals surface area contributed by atoms with Crippen molar-refractivity contribution in [2.45, 2.75) is 13.5 Å². The first-order valence-corrected chi connectivity index (χ1v) is 9.10. The first-order valence-electron chi connectivity index (χ1n) is 9.10. The summed E-state index contributed by atoms with van der Waals surface area (Å²) in [5.41, 5.74) is 1.96. The molecule has 3 aromatic carbocycles. The molecule has 0 amide bonds. The average Bonchev–Trinajstić information content (AvgIpc) is 3.11. The molecule has 0 spiro atoms. The molecule has 0 saturated heterocycles. The molecule has 29 heavy (non-hydrogen) atoms. The number of hydrogen-bond acceptors (Lipinski definition) is 5. The van der Waals surface area contributed by atoms with Gasteiger partial charge in [-0.3, -0.25) is 10.1 Å². The lowest BCUT2D eigenvalue weighted by atomic mass is 10.1. The Morgan fingerprint density at radius 2 is 1.79 bits per heavy atom. The molecule has 0 atom stereocenters. The Hall–Kier alpha value is -3.93. The van der Waals surface area contributed by atoms with E-state index in [0.717, 1.165) is 16.5 Å². The molecule has 0 radical (unpaired) electrons. The van der Waals surface area contributed by atoms with Crippen LogP contribution in [-0.4, -0.2) is 10.1 Å². The van der Waals surface area contributed by atoms with Crippen LogP contribution in [0, 0.1) is 17.0 Å². The van der Waals surface area contributed by atoms with E-state index in [-0.39, 0.29) is 17.1 Å². The molecule has 0 saturated carbocycles. The SMILES string of the molecule is Cc1noc(/C=C/c2ccccc2OCc2ccc3ccccc3c2)c1[N+](=O)[O-]. The summed E-state index contributed by atoms with van der Waals surface area (Å²) in [5.74, 6) is 0.785. The third-order valence-electron chi connectivity index (χ3n) is 4.58. The highest BCUT2D eigenvalue weighted by Crippen LogP contribution is 2.27. The number of fused-ring (bicyclic) bond motifs is 1. The van der Waals surface area contributed by atoms with Gasteiger partial charge < -0.3 is 9.26 Å². The third kappa shape index (κ3) is 4.01. The van der Waals surface area contributed by atoms with Gasteiger partial charge in [0, 0.05) is 5.56 Å². The van der Waals surface area contributed by atoms with E-state index in [2.05, 4.69) is 29.4 Å². The smallest absolute Gasteiger partial charge is 0.338 e. The molecular formula is C23H18N2O4. The monoisotopic (exact) mass is 386 g/mol. The normalized spacial score (nSPS) is 11.2. The lowest BCUT2D eigenvalue weighted by molar-refractivity contribution is -0.386. The van der Waals surface area contributed by atoms with E-state index in [4.69, 9.17) is 9.26 Å². The molecule has 0 unspecified atom stereocenters. The summed E-state index contributed by atoms with van der Waals surface area (Å²) in [7, 11) is 0. The summed E-state index contributed by atoms with van der Waals surface area (Å²) in [5, 5.41) is 17.2. The van der Waals surface area contributed by atoms with Crippen LogP contribution in [0.15, 0.2) is 71.3 Å². The average molecular weight is 386 g/mol. The van der Waals surface area contributed by atoms with Crippen LogP contribution >= 0.6 is 0 Å². The van der Waals surface area contributed by atoms with E-state index in [1.165, 1.54) is 11.5 Å². The van der Waals surface area contributed by atoms with Gasteiger partial charge in [0.1, 0.15) is 12.4 Å². The fourth-order valence-corrected chi connectivity index (χ4v) is 3.12. The minimum Gasteiger partial charge on any atom is -0.488 e. The summed E-state index contributed by atoms with van der Waals surface area (Å²) in [6, 6.07) is 21.9. The van der Waals surface area contributed by atoms with Crippen LogP contribution < -0.4 is 4.74 Å². The van der Waals surface area contributed by atoms with Gasteiger partial charge in [-0.05, 0) is 47.5 Å². The van der Waals surface area contributed by atoms with Crippen molar-refractivity contribution in [3.63, 3.8) is 0 Å². The second kappa shape index (κ2) is 7.98. The molecule has 0 aliphatic heterocycles. The van der Waals surface area contributed by atoms with Crippen molar-refractivity contribution < 1.29 is 14.2 Å². The van der Waals surface area contributed by atoms with Gasteiger partial charge in [0.25, 0.3) is 0 Å². The lowest BCUT2D eigenvalue weighted by Gasteiger charge is -2.10. The second-order valence-electron chi connectivity index (χ2n) is 6.58. The number of benzene rings is 3. The van der Waals surface area contributed by atoms with Crippen molar-refractivity contribution in [3.05, 3.63) is 99.4 Å². The van der Waals surface area contributed by atoms with Gasteiger partial charge in [0.2, 0.25) is 5.76 Å². The molecule has 0 fully saturated rings. The molecule has 4 aromatic rings. The summed E-state index contributed by atoms with van der Waals surface area (Å²) >= 11 is 0. The maximum absolute atomic E-state index is 11.2. The molecule has 6 nitrogen and oxygen atoms in total. The predicted octanol–water partition coefficient (Wildman–Crippen LogP) is 5.79. The maximum atomic E-state index is 11.2. The van der Waals surface area contributed by atoms with Crippen LogP contribution in [0.2, 0.25) is 0 Å². The highest BCUT2D eigenvalue weighted by Gasteiger charge is 2.22. The van der Waals surface area contributed by atoms with E-state index < -0.39 is 4.92 Å². The van der Waals surface area contributed by atoms with Crippen LogP contribution in [0.4, 0.5) is 5.69 Å². The zero-order valence-electron chi connectivity index (χ0n) is 15.7. The largest absolute Gasteiger partial charge is 0.488 e. The molecule has 0 aliphatic carbocycles. The molecule has 144 valence electrons. The van der Waals surface area contributed by atoms with Crippen LogP contribution in [0.3, 0.4) is 0 Å². The maximum Gasteiger partial charge on any atom is 0.338 e. The van der Waals surface area contributed by atoms with Gasteiger partial charge >= 0.3 is 5.69 Å². The highest BCUT2D eigenvalue weighted by molar-refractivity contribution is 5.83. The first kappa shape index (κ1) is 18.4. The molecule has 0 aliphatic rings. The lowest BCUT2D eigenvalue weighted by Crippen LogP contribution is -1.97. The Bertz CT molecular complexity index is 1210. The van der Waals surface area contributed by atoms with Crippen LogP contribution in [0.1, 0.15) is 22.6 Å². The standard InChI is InChI=1S/C23H18N2O4/c1-16-23(25(26)27)22(29-24-16)13-12-19-7-4-5-9-21(19)28-15-17-10-11-18-6-2-3-8-20(18)14-17/h2-14H,15H2,1H3/b13-12+. The van der Waals surface area contributed by atoms with E-state index in [1.54, 1.807) is 13.0 Å². The first-order chi connectivity index (χ1) is 14.1. The van der Waals surface area contributed by atoms with Crippen molar-refractivity contribution in [2.75, 3.05) is 0 Å². The van der Waals surface area contributed by atoms with Crippen molar-refractivity contribution in [2.24, 2.45) is 0 Å². The van der Waals surface area contributed by atoms with Crippen molar-refractivity contribution in [1.82, 2.24) is 5.16 Å². The fourth-order valence-electron chi connectivity index (χ4n) is 3.12. The number of nitro groups is 1. The zero-order valence-corrected chi connectivity index (χ0v) is 15.7. The topological polar surface area (TPSA) is 78.4 Å². The van der Waals surface area contributed by atoms with Crippen LogP contribution in [-0.2, 0) is 6.61 Å². The zero-order chi connectivity index (χ0) is 20.2. The Morgan fingerprint density at radius 3 is 2.62 bits per heavy atom. The molecule has 0 bridgehead atoms. The second-order valence-corrected chi connectivity index (χ2v) is 6.58. The van der Waals surface area contributed by atoms with Crippen LogP contribution in [0.5, 0.6) is 5.75 Å². The Morgan fingerprint density at radius 1 is 1.03 bits per heavy atom. The van der Waals surface area contributed by atoms with Gasteiger partial charge in [0.05, 0.1) is 4.92 Å². The van der Waals surface area contributed by atoms with Gasteiger partial charge in [-0.25, -0.2) is 0 Å². The number of rotatable bonds is 6. The van der Waals surface area contributed by atoms with Gasteiger partial charge in [-0.2, -0.15) is 0 Å². The molecular weight excluding hydrogens is 368 g/mol. The molecule has 0 N–H and O–H groups in total. The van der Waals surface area contributed by atoms with Gasteiger partial charge in [0.15, 0.2) is 5.69 Å². The summed E-state index contributed by atoms with van der Waals surface area (Å²) in [6.45, 7) is 1.96. The van der Waals surface area contributed by atoms with E-state index in [0.29, 0.717) is 12.4 Å². The predicted molar refractivity (Wildman–Crippen MR) is 112 cm³/mol. The van der Waals surface area contributed by atoms with Gasteiger partial charge in [-0.15, -0.1) is 0 Å². The van der Waals surface area contributed by atoms with E-state index in [9.17, 15) is 10.1 Å². The van der Waals surface area contributed by atoms with Crippen LogP contribution in [0.25, 0.3) is 22.9 Å². The Balaban J connectivity index is 1.54. The highest BCUT2D eigenvalue weighted by atomic mass is 16.6.